The fourth-order valence-electron chi connectivity index (χ4n) is 3.34. The first-order chi connectivity index (χ1) is 12.6. The van der Waals surface area contributed by atoms with Gasteiger partial charge in [0.2, 0.25) is 11.7 Å². The van der Waals surface area contributed by atoms with Crippen molar-refractivity contribution in [3.8, 4) is 11.4 Å². The number of rotatable bonds is 3. The summed E-state index contributed by atoms with van der Waals surface area (Å²) in [7, 11) is 0. The highest BCUT2D eigenvalue weighted by Gasteiger charge is 2.28. The van der Waals surface area contributed by atoms with Crippen LogP contribution < -0.4 is 4.90 Å². The quantitative estimate of drug-likeness (QED) is 0.716. The van der Waals surface area contributed by atoms with Crippen LogP contribution in [0, 0.1) is 19.7 Å². The van der Waals surface area contributed by atoms with Gasteiger partial charge in [-0.15, -0.1) is 0 Å². The van der Waals surface area contributed by atoms with Crippen molar-refractivity contribution in [2.24, 2.45) is 0 Å². The van der Waals surface area contributed by atoms with Crippen LogP contribution in [0.1, 0.15) is 36.0 Å². The Hall–Kier alpha value is -2.83. The van der Waals surface area contributed by atoms with Crippen LogP contribution in [-0.2, 0) is 0 Å². The lowest BCUT2D eigenvalue weighted by Gasteiger charge is -2.32. The largest absolute Gasteiger partial charge is 0.354 e. The van der Waals surface area contributed by atoms with Crippen molar-refractivity contribution in [2.75, 3.05) is 18.0 Å². The smallest absolute Gasteiger partial charge is 0.231 e. The molecule has 0 spiro atoms. The molecule has 0 saturated carbocycles. The van der Waals surface area contributed by atoms with E-state index in [-0.39, 0.29) is 11.7 Å². The molecule has 3 aromatic rings. The van der Waals surface area contributed by atoms with Gasteiger partial charge < -0.3 is 9.42 Å². The molecular weight excluding hydrogens is 333 g/mol. The van der Waals surface area contributed by atoms with E-state index in [4.69, 9.17) is 4.52 Å². The number of halogens is 1. The van der Waals surface area contributed by atoms with E-state index in [0.29, 0.717) is 17.3 Å². The summed E-state index contributed by atoms with van der Waals surface area (Å²) in [5.74, 6) is 1.74. The first kappa shape index (κ1) is 16.6. The number of aryl methyl sites for hydroxylation is 2. The summed E-state index contributed by atoms with van der Waals surface area (Å²) in [5, 5.41) is 4.03. The van der Waals surface area contributed by atoms with E-state index in [0.717, 1.165) is 43.1 Å². The van der Waals surface area contributed by atoms with Gasteiger partial charge in [0.15, 0.2) is 0 Å². The molecule has 0 radical (unpaired) electrons. The van der Waals surface area contributed by atoms with Crippen LogP contribution in [-0.4, -0.2) is 33.2 Å². The Kier molecular flexibility index (Phi) is 4.36. The summed E-state index contributed by atoms with van der Waals surface area (Å²) in [6.07, 6.45) is 3.76. The fourth-order valence-corrected chi connectivity index (χ4v) is 3.34. The second kappa shape index (κ2) is 6.82. The lowest BCUT2D eigenvalue weighted by atomic mass is 9.98. The second-order valence-electron chi connectivity index (χ2n) is 6.67. The first-order valence-corrected chi connectivity index (χ1v) is 8.75. The van der Waals surface area contributed by atoms with Crippen molar-refractivity contribution in [3.63, 3.8) is 0 Å². The van der Waals surface area contributed by atoms with Gasteiger partial charge in [-0.1, -0.05) is 17.3 Å². The van der Waals surface area contributed by atoms with Crippen molar-refractivity contribution in [1.29, 1.82) is 0 Å². The van der Waals surface area contributed by atoms with Crippen molar-refractivity contribution in [3.05, 3.63) is 53.6 Å². The molecule has 4 rings (SSSR count). The third kappa shape index (κ3) is 3.29. The van der Waals surface area contributed by atoms with Gasteiger partial charge in [-0.25, -0.2) is 9.37 Å². The Bertz CT molecular complexity index is 926. The van der Waals surface area contributed by atoms with Crippen molar-refractivity contribution in [1.82, 2.24) is 20.1 Å². The number of nitrogens with zero attached hydrogens (tertiary/aromatic N) is 5. The van der Waals surface area contributed by atoms with E-state index in [1.54, 1.807) is 18.3 Å². The van der Waals surface area contributed by atoms with Crippen molar-refractivity contribution >= 4 is 5.82 Å². The standard InChI is InChI=1S/C19H20FN5O/c1-12-10-21-13(2)18(22-12)25-8-4-6-15(11-25)19-23-17(24-26-19)14-5-3-7-16(20)9-14/h3,5,7,9-10,15H,4,6,8,11H2,1-2H3. The summed E-state index contributed by atoms with van der Waals surface area (Å²) in [6.45, 7) is 5.60. The van der Waals surface area contributed by atoms with Gasteiger partial charge >= 0.3 is 0 Å². The topological polar surface area (TPSA) is 67.9 Å². The zero-order valence-corrected chi connectivity index (χ0v) is 14.8. The van der Waals surface area contributed by atoms with Crippen LogP contribution in [0.15, 0.2) is 35.0 Å². The van der Waals surface area contributed by atoms with E-state index < -0.39 is 0 Å². The van der Waals surface area contributed by atoms with E-state index in [9.17, 15) is 4.39 Å². The van der Waals surface area contributed by atoms with Crippen LogP contribution in [0.5, 0.6) is 0 Å². The summed E-state index contributed by atoms with van der Waals surface area (Å²) >= 11 is 0. The summed E-state index contributed by atoms with van der Waals surface area (Å²) in [5.41, 5.74) is 2.44. The molecule has 1 aliphatic heterocycles. The van der Waals surface area contributed by atoms with E-state index in [1.165, 1.54) is 12.1 Å². The van der Waals surface area contributed by atoms with Crippen molar-refractivity contribution < 1.29 is 8.91 Å². The van der Waals surface area contributed by atoms with Crippen molar-refractivity contribution in [2.45, 2.75) is 32.6 Å². The molecule has 0 N–H and O–H groups in total. The minimum atomic E-state index is -0.314. The molecule has 0 amide bonds. The molecule has 1 fully saturated rings. The molecule has 1 saturated heterocycles. The maximum atomic E-state index is 13.4. The van der Waals surface area contributed by atoms with Gasteiger partial charge in [0.25, 0.3) is 0 Å². The zero-order valence-electron chi connectivity index (χ0n) is 14.8. The number of hydrogen-bond donors (Lipinski definition) is 0. The molecule has 7 heteroatoms. The number of hydrogen-bond acceptors (Lipinski definition) is 6. The van der Waals surface area contributed by atoms with Gasteiger partial charge in [0, 0.05) is 24.8 Å². The second-order valence-corrected chi connectivity index (χ2v) is 6.67. The molecule has 3 heterocycles. The third-order valence-corrected chi connectivity index (χ3v) is 4.65. The molecule has 134 valence electrons. The predicted octanol–water partition coefficient (Wildman–Crippen LogP) is 3.67. The number of aromatic nitrogens is 4. The van der Waals surface area contributed by atoms with Gasteiger partial charge in [0.05, 0.1) is 17.3 Å². The highest BCUT2D eigenvalue weighted by molar-refractivity contribution is 5.54. The van der Waals surface area contributed by atoms with Gasteiger partial charge in [-0.05, 0) is 38.8 Å². The summed E-state index contributed by atoms with van der Waals surface area (Å²) in [6, 6.07) is 6.22. The molecule has 26 heavy (non-hydrogen) atoms. The average Bonchev–Trinajstić information content (AvgIpc) is 3.14. The van der Waals surface area contributed by atoms with E-state index in [2.05, 4.69) is 25.0 Å². The first-order valence-electron chi connectivity index (χ1n) is 8.75. The molecule has 6 nitrogen and oxygen atoms in total. The van der Waals surface area contributed by atoms with Gasteiger partial charge in [-0.3, -0.25) is 4.98 Å². The van der Waals surface area contributed by atoms with Gasteiger partial charge in [-0.2, -0.15) is 4.98 Å². The lowest BCUT2D eigenvalue weighted by molar-refractivity contribution is 0.333. The van der Waals surface area contributed by atoms with Crippen LogP contribution >= 0.6 is 0 Å². The minimum Gasteiger partial charge on any atom is -0.354 e. The van der Waals surface area contributed by atoms with Crippen LogP contribution in [0.25, 0.3) is 11.4 Å². The van der Waals surface area contributed by atoms with Crippen LogP contribution in [0.2, 0.25) is 0 Å². The Balaban J connectivity index is 1.56. The summed E-state index contributed by atoms with van der Waals surface area (Å²) < 4.78 is 18.9. The Morgan fingerprint density at radius 3 is 2.96 bits per heavy atom. The van der Waals surface area contributed by atoms with E-state index in [1.807, 2.05) is 13.8 Å². The maximum Gasteiger partial charge on any atom is 0.231 e. The number of anilines is 1. The Morgan fingerprint density at radius 2 is 2.12 bits per heavy atom. The maximum absolute atomic E-state index is 13.4. The van der Waals surface area contributed by atoms with Crippen LogP contribution in [0.4, 0.5) is 10.2 Å². The molecule has 2 aromatic heterocycles. The SMILES string of the molecule is Cc1cnc(C)c(N2CCCC(c3nc(-c4cccc(F)c4)no3)C2)n1. The highest BCUT2D eigenvalue weighted by Crippen LogP contribution is 2.30. The average molecular weight is 353 g/mol. The summed E-state index contributed by atoms with van der Waals surface area (Å²) in [4.78, 5) is 15.8. The molecule has 1 aromatic carbocycles. The predicted molar refractivity (Wildman–Crippen MR) is 95.4 cm³/mol. The Morgan fingerprint density at radius 1 is 1.23 bits per heavy atom. The highest BCUT2D eigenvalue weighted by atomic mass is 19.1. The number of benzene rings is 1. The monoisotopic (exact) mass is 353 g/mol. The fraction of sp³-hybridized carbons (Fsp3) is 0.368. The molecule has 0 aliphatic carbocycles. The molecule has 1 aliphatic rings. The molecular formula is C19H20FN5O. The molecule has 1 unspecified atom stereocenters. The molecule has 1 atom stereocenters. The lowest BCUT2D eigenvalue weighted by Crippen LogP contribution is -2.35. The Labute approximate surface area is 151 Å². The molecule has 0 bridgehead atoms. The van der Waals surface area contributed by atoms with Crippen LogP contribution in [0.3, 0.4) is 0 Å². The number of piperidine rings is 1. The normalized spacial score (nSPS) is 17.5. The van der Waals surface area contributed by atoms with E-state index >= 15 is 0 Å². The third-order valence-electron chi connectivity index (χ3n) is 4.65. The minimum absolute atomic E-state index is 0.125. The zero-order chi connectivity index (χ0) is 18.1. The van der Waals surface area contributed by atoms with Gasteiger partial charge in [0.1, 0.15) is 11.6 Å².